The Morgan fingerprint density at radius 3 is 2.33 bits per heavy atom. The van der Waals surface area contributed by atoms with Crippen molar-refractivity contribution >= 4 is 5.78 Å². The third kappa shape index (κ3) is 6.35. The third-order valence-corrected chi connectivity index (χ3v) is 1.73. The molecule has 0 heterocycles. The number of rotatable bonds is 6. The average molecular weight is 172 g/mol. The van der Waals surface area contributed by atoms with E-state index in [1.165, 1.54) is 0 Å². The van der Waals surface area contributed by atoms with E-state index >= 15 is 0 Å². The normalized spacial score (nSPS) is 13.4. The smallest absolute Gasteiger partial charge is 0.158 e. The van der Waals surface area contributed by atoms with E-state index in [0.29, 0.717) is 12.3 Å². The minimum absolute atomic E-state index is 0.186. The minimum Gasteiger partial charge on any atom is -0.371 e. The first-order valence-electron chi connectivity index (χ1n) is 4.69. The molecule has 0 rings (SSSR count). The summed E-state index contributed by atoms with van der Waals surface area (Å²) in [7, 11) is 0. The molecule has 0 aliphatic heterocycles. The van der Waals surface area contributed by atoms with E-state index in [1.807, 2.05) is 13.8 Å². The van der Waals surface area contributed by atoms with Gasteiger partial charge in [0.15, 0.2) is 5.78 Å². The molecule has 0 saturated carbocycles. The molecular formula is C10H20O2. The topological polar surface area (TPSA) is 26.3 Å². The van der Waals surface area contributed by atoms with E-state index in [-0.39, 0.29) is 18.5 Å². The van der Waals surface area contributed by atoms with Gasteiger partial charge in [-0.15, -0.1) is 0 Å². The molecule has 0 aromatic carbocycles. The average Bonchev–Trinajstić information content (AvgIpc) is 1.99. The zero-order valence-electron chi connectivity index (χ0n) is 8.59. The lowest BCUT2D eigenvalue weighted by Crippen LogP contribution is -2.16. The second kappa shape index (κ2) is 6.18. The quantitative estimate of drug-likeness (QED) is 0.615. The van der Waals surface area contributed by atoms with Gasteiger partial charge in [0.25, 0.3) is 0 Å². The van der Waals surface area contributed by atoms with E-state index < -0.39 is 0 Å². The Kier molecular flexibility index (Phi) is 5.99. The van der Waals surface area contributed by atoms with E-state index in [0.717, 1.165) is 6.42 Å². The summed E-state index contributed by atoms with van der Waals surface area (Å²) in [5.74, 6) is 0.822. The largest absolute Gasteiger partial charge is 0.371 e. The van der Waals surface area contributed by atoms with Crippen LogP contribution in [0.5, 0.6) is 0 Å². The number of ether oxygens (including phenoxy) is 1. The fraction of sp³-hybridized carbons (Fsp3) is 0.900. The van der Waals surface area contributed by atoms with Crippen LogP contribution in [0.4, 0.5) is 0 Å². The van der Waals surface area contributed by atoms with Crippen LogP contribution in [0.2, 0.25) is 0 Å². The Balaban J connectivity index is 3.43. The van der Waals surface area contributed by atoms with Crippen molar-refractivity contribution in [3.8, 4) is 0 Å². The molecule has 0 fully saturated rings. The van der Waals surface area contributed by atoms with E-state index in [4.69, 9.17) is 4.74 Å². The van der Waals surface area contributed by atoms with Gasteiger partial charge in [-0.3, -0.25) is 4.79 Å². The second-order valence-corrected chi connectivity index (χ2v) is 3.64. The highest BCUT2D eigenvalue weighted by Gasteiger charge is 2.06. The van der Waals surface area contributed by atoms with Crippen LogP contribution in [0.15, 0.2) is 0 Å². The molecule has 0 radical (unpaired) electrons. The highest BCUT2D eigenvalue weighted by atomic mass is 16.5. The number of hydrogen-bond acceptors (Lipinski definition) is 2. The molecule has 0 amide bonds. The Morgan fingerprint density at radius 2 is 1.92 bits per heavy atom. The fourth-order valence-corrected chi connectivity index (χ4v) is 1.07. The van der Waals surface area contributed by atoms with Gasteiger partial charge in [0.1, 0.15) is 6.61 Å². The molecule has 0 aliphatic rings. The van der Waals surface area contributed by atoms with Gasteiger partial charge >= 0.3 is 0 Å². The van der Waals surface area contributed by atoms with Gasteiger partial charge in [0, 0.05) is 6.42 Å². The molecule has 1 unspecified atom stereocenters. The van der Waals surface area contributed by atoms with Crippen LogP contribution in [0.1, 0.15) is 40.5 Å². The summed E-state index contributed by atoms with van der Waals surface area (Å²) < 4.78 is 5.36. The molecule has 0 N–H and O–H groups in total. The summed E-state index contributed by atoms with van der Waals surface area (Å²) in [4.78, 5) is 10.9. The van der Waals surface area contributed by atoms with Crippen molar-refractivity contribution in [3.63, 3.8) is 0 Å². The molecule has 0 spiro atoms. The van der Waals surface area contributed by atoms with Crippen molar-refractivity contribution < 1.29 is 9.53 Å². The summed E-state index contributed by atoms with van der Waals surface area (Å²) in [6, 6.07) is 0. The number of carbonyl (C=O) groups is 1. The molecule has 0 aliphatic carbocycles. The van der Waals surface area contributed by atoms with Crippen LogP contribution in [0, 0.1) is 5.92 Å². The first kappa shape index (κ1) is 11.6. The maximum Gasteiger partial charge on any atom is 0.158 e. The van der Waals surface area contributed by atoms with Crippen molar-refractivity contribution in [2.45, 2.75) is 46.6 Å². The van der Waals surface area contributed by atoms with Gasteiger partial charge in [-0.25, -0.2) is 0 Å². The first-order chi connectivity index (χ1) is 5.56. The zero-order valence-corrected chi connectivity index (χ0v) is 8.59. The summed E-state index contributed by atoms with van der Waals surface area (Å²) in [6.45, 7) is 8.47. The first-order valence-corrected chi connectivity index (χ1v) is 4.69. The molecule has 72 valence electrons. The van der Waals surface area contributed by atoms with Crippen LogP contribution in [0.3, 0.4) is 0 Å². The molecule has 2 nitrogen and oxygen atoms in total. The van der Waals surface area contributed by atoms with Crippen molar-refractivity contribution in [2.24, 2.45) is 5.92 Å². The highest BCUT2D eigenvalue weighted by molar-refractivity contribution is 5.79. The summed E-state index contributed by atoms with van der Waals surface area (Å²) in [6.07, 6.45) is 1.81. The molecule has 0 aromatic heterocycles. The van der Waals surface area contributed by atoms with E-state index in [1.54, 1.807) is 0 Å². The van der Waals surface area contributed by atoms with Crippen LogP contribution in [-0.4, -0.2) is 18.5 Å². The Morgan fingerprint density at radius 1 is 1.33 bits per heavy atom. The summed E-state index contributed by atoms with van der Waals surface area (Å²) in [5, 5.41) is 0. The standard InChI is InChI=1S/C10H20O2/c1-5-10(11)7-12-9(4)6-8(2)3/h8-9H,5-7H2,1-4H3. The second-order valence-electron chi connectivity index (χ2n) is 3.64. The lowest BCUT2D eigenvalue weighted by molar-refractivity contribution is -0.125. The molecule has 1 atom stereocenters. The van der Waals surface area contributed by atoms with Crippen LogP contribution in [0.25, 0.3) is 0 Å². The molecule has 2 heteroatoms. The van der Waals surface area contributed by atoms with Crippen LogP contribution >= 0.6 is 0 Å². The lowest BCUT2D eigenvalue weighted by Gasteiger charge is -2.13. The molecule has 0 aromatic rings. The van der Waals surface area contributed by atoms with Gasteiger partial charge in [0.05, 0.1) is 6.10 Å². The number of carbonyl (C=O) groups excluding carboxylic acids is 1. The number of Topliss-reactive ketones (excluding diaryl/α,β-unsaturated/α-hetero) is 1. The predicted octanol–water partition coefficient (Wildman–Crippen LogP) is 2.42. The zero-order chi connectivity index (χ0) is 9.56. The van der Waals surface area contributed by atoms with Gasteiger partial charge in [-0.1, -0.05) is 20.8 Å². The SMILES string of the molecule is CCC(=O)COC(C)CC(C)C. The molecule has 0 saturated heterocycles. The molecule has 12 heavy (non-hydrogen) atoms. The Bertz CT molecular complexity index is 130. The van der Waals surface area contributed by atoms with Crippen molar-refractivity contribution in [2.75, 3.05) is 6.61 Å². The van der Waals surface area contributed by atoms with Gasteiger partial charge in [0.2, 0.25) is 0 Å². The van der Waals surface area contributed by atoms with Crippen molar-refractivity contribution in [1.29, 1.82) is 0 Å². The maximum absolute atomic E-state index is 10.9. The van der Waals surface area contributed by atoms with Gasteiger partial charge in [-0.2, -0.15) is 0 Å². The van der Waals surface area contributed by atoms with Gasteiger partial charge in [-0.05, 0) is 19.3 Å². The lowest BCUT2D eigenvalue weighted by atomic mass is 10.1. The number of hydrogen-bond donors (Lipinski definition) is 0. The summed E-state index contributed by atoms with van der Waals surface area (Å²) >= 11 is 0. The number of ketones is 1. The Hall–Kier alpha value is -0.370. The minimum atomic E-state index is 0.186. The van der Waals surface area contributed by atoms with Crippen LogP contribution in [-0.2, 0) is 9.53 Å². The predicted molar refractivity (Wildman–Crippen MR) is 50.2 cm³/mol. The molecular weight excluding hydrogens is 152 g/mol. The third-order valence-electron chi connectivity index (χ3n) is 1.73. The monoisotopic (exact) mass is 172 g/mol. The Labute approximate surface area is 75.3 Å². The summed E-state index contributed by atoms with van der Waals surface area (Å²) in [5.41, 5.74) is 0. The fourth-order valence-electron chi connectivity index (χ4n) is 1.07. The highest BCUT2D eigenvalue weighted by Crippen LogP contribution is 2.07. The van der Waals surface area contributed by atoms with Crippen molar-refractivity contribution in [3.05, 3.63) is 0 Å². The van der Waals surface area contributed by atoms with Gasteiger partial charge < -0.3 is 4.74 Å². The van der Waals surface area contributed by atoms with Crippen molar-refractivity contribution in [1.82, 2.24) is 0 Å². The maximum atomic E-state index is 10.9. The van der Waals surface area contributed by atoms with E-state index in [9.17, 15) is 4.79 Å². The molecule has 0 bridgehead atoms. The van der Waals surface area contributed by atoms with E-state index in [2.05, 4.69) is 13.8 Å². The van der Waals surface area contributed by atoms with Crippen LogP contribution < -0.4 is 0 Å².